The lowest BCUT2D eigenvalue weighted by molar-refractivity contribution is -0.439. The van der Waals surface area contributed by atoms with Gasteiger partial charge in [0.15, 0.2) is 12.4 Å². The number of hydrogen-bond acceptors (Lipinski definition) is 16. The molecule has 0 aromatic heterocycles. The van der Waals surface area contributed by atoms with E-state index in [0.717, 1.165) is 0 Å². The maximum absolute atomic E-state index is 10.7. The van der Waals surface area contributed by atoms with Crippen LogP contribution in [0, 0.1) is 0 Å². The third-order valence-corrected chi connectivity index (χ3v) is 7.42. The zero-order chi connectivity index (χ0) is 26.5. The quantitative estimate of drug-likeness (QED) is 0.153. The molecule has 1 aliphatic carbocycles. The van der Waals surface area contributed by atoms with Crippen LogP contribution in [0.3, 0.4) is 0 Å². The number of nitrogens with two attached hydrogens (primary N) is 2. The van der Waals surface area contributed by atoms with Gasteiger partial charge in [-0.3, -0.25) is 0 Å². The predicted molar refractivity (Wildman–Crippen MR) is 115 cm³/mol. The molecule has 15 unspecified atom stereocenters. The highest BCUT2D eigenvalue weighted by atomic mass is 16.9. The molecule has 0 aromatic carbocycles. The summed E-state index contributed by atoms with van der Waals surface area (Å²) in [6.07, 6.45) is -17.7. The minimum atomic E-state index is -2.48. The molecule has 16 atom stereocenters. The Labute approximate surface area is 206 Å². The number of rotatable bonds is 6. The van der Waals surface area contributed by atoms with E-state index >= 15 is 0 Å². The molecule has 16 nitrogen and oxygen atoms in total. The lowest BCUT2D eigenvalue weighted by atomic mass is 9.84. The molecular weight excluding hydrogens is 490 g/mol. The molecule has 36 heavy (non-hydrogen) atoms. The Morgan fingerprint density at radius 2 is 1.61 bits per heavy atom. The second kappa shape index (κ2) is 10.9. The molecule has 13 N–H and O–H groups in total. The van der Waals surface area contributed by atoms with Crippen molar-refractivity contribution in [3.8, 4) is 0 Å². The van der Waals surface area contributed by atoms with Crippen LogP contribution >= 0.6 is 0 Å². The minimum absolute atomic E-state index is 0.254. The molecule has 0 bridgehead atoms. The van der Waals surface area contributed by atoms with Gasteiger partial charge in [0, 0.05) is 12.1 Å². The second-order valence-electron chi connectivity index (χ2n) is 9.72. The van der Waals surface area contributed by atoms with Crippen LogP contribution in [0.4, 0.5) is 0 Å². The Balaban J connectivity index is 1.62. The van der Waals surface area contributed by atoms with Crippen LogP contribution in [-0.4, -0.2) is 159 Å². The molecule has 16 heteroatoms. The van der Waals surface area contributed by atoms with E-state index in [1.807, 2.05) is 0 Å². The van der Waals surface area contributed by atoms with Crippen molar-refractivity contribution in [1.29, 1.82) is 0 Å². The topological polar surface area (TPSA) is 272 Å². The van der Waals surface area contributed by atoms with Gasteiger partial charge in [-0.1, -0.05) is 0 Å². The SMILES string of the molecule is CNC1CC(N)C(O)C(OC2OC(CO)C(O)C3O[C@]4(OC(C(N)CO)C(O)C(O)C4O)OC23)C1O. The fourth-order valence-corrected chi connectivity index (χ4v) is 5.23. The summed E-state index contributed by atoms with van der Waals surface area (Å²) in [5.41, 5.74) is 11.8. The van der Waals surface area contributed by atoms with E-state index in [0.29, 0.717) is 0 Å². The third-order valence-electron chi connectivity index (χ3n) is 7.42. The number of nitrogens with one attached hydrogen (secondary N) is 1. The molecule has 3 aliphatic heterocycles. The molecule has 210 valence electrons. The average molecular weight is 528 g/mol. The van der Waals surface area contributed by atoms with Crippen molar-refractivity contribution >= 4 is 0 Å². The van der Waals surface area contributed by atoms with Gasteiger partial charge in [0.1, 0.15) is 48.8 Å². The van der Waals surface area contributed by atoms with Gasteiger partial charge in [0.05, 0.1) is 31.5 Å². The van der Waals surface area contributed by atoms with Crippen LogP contribution in [0.5, 0.6) is 0 Å². The van der Waals surface area contributed by atoms with Gasteiger partial charge in [-0.15, -0.1) is 0 Å². The van der Waals surface area contributed by atoms with E-state index in [1.165, 1.54) is 0 Å². The van der Waals surface area contributed by atoms with Crippen molar-refractivity contribution in [2.24, 2.45) is 11.5 Å². The monoisotopic (exact) mass is 527 g/mol. The van der Waals surface area contributed by atoms with Gasteiger partial charge in [-0.25, -0.2) is 0 Å². The summed E-state index contributed by atoms with van der Waals surface area (Å²) in [7, 11) is 1.60. The van der Waals surface area contributed by atoms with Crippen molar-refractivity contribution < 1.29 is 64.5 Å². The zero-order valence-corrected chi connectivity index (χ0v) is 19.6. The van der Waals surface area contributed by atoms with Crippen molar-refractivity contribution in [2.75, 3.05) is 20.3 Å². The van der Waals surface area contributed by atoms with Gasteiger partial charge >= 0.3 is 5.97 Å². The molecule has 0 radical (unpaired) electrons. The molecule has 4 rings (SSSR count). The van der Waals surface area contributed by atoms with E-state index in [9.17, 15) is 40.9 Å². The van der Waals surface area contributed by atoms with Gasteiger partial charge in [0.2, 0.25) is 0 Å². The first-order valence-electron chi connectivity index (χ1n) is 11.8. The summed E-state index contributed by atoms with van der Waals surface area (Å²) in [4.78, 5) is 0. The normalized spacial score (nSPS) is 54.4. The predicted octanol–water partition coefficient (Wildman–Crippen LogP) is -7.27. The van der Waals surface area contributed by atoms with Crippen LogP contribution in [0.1, 0.15) is 6.42 Å². The van der Waals surface area contributed by atoms with Gasteiger partial charge < -0.3 is 81.3 Å². The number of likely N-dealkylation sites (N-methyl/N-ethyl adjacent to an activating group) is 1. The maximum atomic E-state index is 10.7. The molecule has 1 saturated carbocycles. The number of ether oxygens (including phenoxy) is 5. The molecular formula is C20H37N3O13. The van der Waals surface area contributed by atoms with Crippen molar-refractivity contribution in [3.05, 3.63) is 0 Å². The van der Waals surface area contributed by atoms with E-state index in [4.69, 9.17) is 35.2 Å². The standard InChI is InChI=1S/C20H37N3O13/c1-23-7-2-5(21)9(26)15(10(7)27)33-19-17-16(11(28)8(4-25)32-19)35-20(36-17)18(31)13(30)12(29)14(34-20)6(22)3-24/h5-19,23-31H,2-4,21-22H2,1H3/t5?,6?,7?,8?,9?,10?,11?,12?,13?,14?,15?,16?,17?,18?,19?,20-/m0/s1. The van der Waals surface area contributed by atoms with Crippen molar-refractivity contribution in [1.82, 2.24) is 5.32 Å². The third kappa shape index (κ3) is 4.68. The van der Waals surface area contributed by atoms with Crippen molar-refractivity contribution in [3.63, 3.8) is 0 Å². The smallest absolute Gasteiger partial charge is 0.314 e. The highest BCUT2D eigenvalue weighted by Crippen LogP contribution is 2.45. The lowest BCUT2D eigenvalue weighted by Gasteiger charge is -2.46. The van der Waals surface area contributed by atoms with Crippen LogP contribution in [0.25, 0.3) is 0 Å². The summed E-state index contributed by atoms with van der Waals surface area (Å²) in [5.74, 6) is -2.48. The first-order valence-corrected chi connectivity index (χ1v) is 11.8. The first-order chi connectivity index (χ1) is 17.0. The van der Waals surface area contributed by atoms with Gasteiger partial charge in [-0.05, 0) is 13.5 Å². The lowest BCUT2D eigenvalue weighted by Crippen LogP contribution is -2.69. The molecule has 3 saturated heterocycles. The summed E-state index contributed by atoms with van der Waals surface area (Å²) in [5, 5.41) is 85.6. The molecule has 4 aliphatic rings. The Morgan fingerprint density at radius 1 is 0.944 bits per heavy atom. The highest BCUT2D eigenvalue weighted by Gasteiger charge is 2.67. The largest absolute Gasteiger partial charge is 0.395 e. The van der Waals surface area contributed by atoms with Crippen LogP contribution in [-0.2, 0) is 23.7 Å². The molecule has 4 fully saturated rings. The summed E-state index contributed by atoms with van der Waals surface area (Å²) < 4.78 is 28.7. The minimum Gasteiger partial charge on any atom is -0.395 e. The van der Waals surface area contributed by atoms with Crippen LogP contribution in [0.2, 0.25) is 0 Å². The summed E-state index contributed by atoms with van der Waals surface area (Å²) >= 11 is 0. The average Bonchev–Trinajstić information content (AvgIpc) is 3.27. The number of fused-ring (bicyclic) bond motifs is 1. The van der Waals surface area contributed by atoms with E-state index in [1.54, 1.807) is 7.05 Å². The fraction of sp³-hybridized carbons (Fsp3) is 1.00. The van der Waals surface area contributed by atoms with E-state index in [-0.39, 0.29) is 6.42 Å². The molecule has 0 amide bonds. The summed E-state index contributed by atoms with van der Waals surface area (Å²) in [6, 6.07) is -2.50. The Kier molecular flexibility index (Phi) is 8.55. The summed E-state index contributed by atoms with van der Waals surface area (Å²) in [6.45, 7) is -1.33. The van der Waals surface area contributed by atoms with Crippen LogP contribution < -0.4 is 16.8 Å². The maximum Gasteiger partial charge on any atom is 0.314 e. The zero-order valence-electron chi connectivity index (χ0n) is 19.6. The molecule has 1 spiro atoms. The molecule has 0 aromatic rings. The van der Waals surface area contributed by atoms with Crippen LogP contribution in [0.15, 0.2) is 0 Å². The fourth-order valence-electron chi connectivity index (χ4n) is 5.23. The highest BCUT2D eigenvalue weighted by molar-refractivity contribution is 5.05. The Hall–Kier alpha value is -0.640. The number of aliphatic hydroxyl groups excluding tert-OH is 8. The van der Waals surface area contributed by atoms with E-state index in [2.05, 4.69) is 5.32 Å². The Bertz CT molecular complexity index is 756. The van der Waals surface area contributed by atoms with Crippen molar-refractivity contribution in [2.45, 2.75) is 104 Å². The van der Waals surface area contributed by atoms with E-state index < -0.39 is 111 Å². The number of aliphatic hydroxyl groups is 8. The first kappa shape index (κ1) is 28.4. The number of hydrogen-bond donors (Lipinski definition) is 11. The second-order valence-corrected chi connectivity index (χ2v) is 9.72. The molecule has 3 heterocycles. The van der Waals surface area contributed by atoms with Gasteiger partial charge in [0.25, 0.3) is 0 Å². The van der Waals surface area contributed by atoms with Gasteiger partial charge in [-0.2, -0.15) is 0 Å². The Morgan fingerprint density at radius 3 is 2.22 bits per heavy atom.